The lowest BCUT2D eigenvalue weighted by Gasteiger charge is -2.42. The number of nitrogens with zero attached hydrogens (tertiary/aromatic N) is 1. The lowest BCUT2D eigenvalue weighted by atomic mass is 9.83. The highest BCUT2D eigenvalue weighted by Gasteiger charge is 2.59. The molecule has 8 nitrogen and oxygen atoms in total. The predicted molar refractivity (Wildman–Crippen MR) is 142 cm³/mol. The van der Waals surface area contributed by atoms with E-state index < -0.39 is 34.5 Å². The number of halogens is 2. The van der Waals surface area contributed by atoms with Gasteiger partial charge in [0.05, 0.1) is 16.7 Å². The van der Waals surface area contributed by atoms with E-state index in [0.29, 0.717) is 23.7 Å². The molecule has 39 heavy (non-hydrogen) atoms. The van der Waals surface area contributed by atoms with Gasteiger partial charge in [0.15, 0.2) is 0 Å². The van der Waals surface area contributed by atoms with E-state index in [9.17, 15) is 23.2 Å². The third-order valence-corrected chi connectivity index (χ3v) is 7.96. The smallest absolute Gasteiger partial charge is 0.268 e. The number of likely N-dealkylation sites (tertiary alicyclic amines) is 1. The number of benzene rings is 2. The van der Waals surface area contributed by atoms with Gasteiger partial charge in [0, 0.05) is 29.9 Å². The van der Waals surface area contributed by atoms with E-state index in [-0.39, 0.29) is 46.7 Å². The van der Waals surface area contributed by atoms with Crippen LogP contribution in [-0.4, -0.2) is 63.2 Å². The summed E-state index contributed by atoms with van der Waals surface area (Å²) in [6, 6.07) is 11.3. The number of nitrogens with one attached hydrogen (secondary N) is 4. The maximum absolute atomic E-state index is 14.3. The minimum atomic E-state index is -1.17. The molecule has 2 bridgehead atoms. The first-order valence-corrected chi connectivity index (χ1v) is 12.9. The molecule has 0 radical (unpaired) electrons. The Balaban J connectivity index is 1.31. The van der Waals surface area contributed by atoms with Gasteiger partial charge in [-0.3, -0.25) is 14.4 Å². The van der Waals surface area contributed by atoms with E-state index in [2.05, 4.69) is 20.6 Å². The molecule has 2 fully saturated rings. The number of fused-ring (bicyclic) bond motifs is 4. The zero-order valence-electron chi connectivity index (χ0n) is 21.8. The van der Waals surface area contributed by atoms with Gasteiger partial charge in [-0.05, 0) is 36.1 Å². The first-order chi connectivity index (χ1) is 18.5. The lowest BCUT2D eigenvalue weighted by Crippen LogP contribution is -2.65. The zero-order chi connectivity index (χ0) is 27.7. The number of rotatable bonds is 5. The Morgan fingerprint density at radius 2 is 1.56 bits per heavy atom. The minimum Gasteiger partial charge on any atom is -0.350 e. The monoisotopic (exact) mass is 533 g/mol. The number of piperazine rings is 1. The molecule has 2 aromatic heterocycles. The Kier molecular flexibility index (Phi) is 5.65. The van der Waals surface area contributed by atoms with E-state index in [0.717, 1.165) is 0 Å². The highest BCUT2D eigenvalue weighted by molar-refractivity contribution is 6.08. The maximum atomic E-state index is 14.3. The summed E-state index contributed by atoms with van der Waals surface area (Å²) in [5.74, 6) is -2.17. The van der Waals surface area contributed by atoms with Crippen LogP contribution < -0.4 is 10.6 Å². The molecule has 10 heteroatoms. The third-order valence-electron chi connectivity index (χ3n) is 7.96. The van der Waals surface area contributed by atoms with Crippen molar-refractivity contribution in [3.63, 3.8) is 0 Å². The van der Waals surface area contributed by atoms with Crippen molar-refractivity contribution in [1.82, 2.24) is 25.5 Å². The number of amides is 2. The van der Waals surface area contributed by atoms with E-state index in [1.165, 1.54) is 12.1 Å². The molecule has 0 unspecified atom stereocenters. The summed E-state index contributed by atoms with van der Waals surface area (Å²) in [6.07, 6.45) is 0.418. The fourth-order valence-corrected chi connectivity index (χ4v) is 5.94. The summed E-state index contributed by atoms with van der Waals surface area (Å²) in [4.78, 5) is 48.7. The first kappa shape index (κ1) is 25.2. The van der Waals surface area contributed by atoms with Crippen LogP contribution in [0.2, 0.25) is 0 Å². The fraction of sp³-hybridized carbons (Fsp3) is 0.345. The number of hydrogen-bond donors (Lipinski definition) is 4. The van der Waals surface area contributed by atoms with Gasteiger partial charge in [-0.15, -0.1) is 0 Å². The highest BCUT2D eigenvalue weighted by Crippen LogP contribution is 2.39. The van der Waals surface area contributed by atoms with E-state index >= 15 is 0 Å². The molecule has 6 rings (SSSR count). The minimum absolute atomic E-state index is 0.0768. The van der Waals surface area contributed by atoms with Gasteiger partial charge < -0.3 is 25.5 Å². The second-order valence-corrected chi connectivity index (χ2v) is 11.6. The maximum Gasteiger partial charge on any atom is 0.268 e. The highest BCUT2D eigenvalue weighted by atomic mass is 19.1. The van der Waals surface area contributed by atoms with Gasteiger partial charge in [0.25, 0.3) is 5.91 Å². The third kappa shape index (κ3) is 4.01. The van der Waals surface area contributed by atoms with Crippen LogP contribution in [0.1, 0.15) is 48.2 Å². The van der Waals surface area contributed by atoms with Gasteiger partial charge in [0.2, 0.25) is 11.7 Å². The average molecular weight is 534 g/mol. The Labute approximate surface area is 223 Å². The van der Waals surface area contributed by atoms with Crippen LogP contribution in [0.3, 0.4) is 0 Å². The van der Waals surface area contributed by atoms with Crippen LogP contribution in [0.25, 0.3) is 21.8 Å². The predicted octanol–water partition coefficient (Wildman–Crippen LogP) is 3.90. The van der Waals surface area contributed by atoms with Crippen molar-refractivity contribution in [2.24, 2.45) is 5.41 Å². The van der Waals surface area contributed by atoms with Gasteiger partial charge in [-0.1, -0.05) is 45.0 Å². The van der Waals surface area contributed by atoms with Gasteiger partial charge in [0.1, 0.15) is 28.9 Å². The second-order valence-electron chi connectivity index (χ2n) is 11.6. The number of carbonyl (C=O) groups excluding carboxylic acids is 3. The fourth-order valence-electron chi connectivity index (χ4n) is 5.94. The van der Waals surface area contributed by atoms with Crippen molar-refractivity contribution in [1.29, 1.82) is 0 Å². The molecule has 2 aliphatic rings. The van der Waals surface area contributed by atoms with Gasteiger partial charge >= 0.3 is 0 Å². The van der Waals surface area contributed by atoms with E-state index in [1.54, 1.807) is 41.3 Å². The Hall–Kier alpha value is -4.05. The molecule has 4 heterocycles. The Bertz CT molecular complexity index is 1650. The normalized spacial score (nSPS) is 21.6. The van der Waals surface area contributed by atoms with E-state index in [1.807, 2.05) is 20.8 Å². The van der Waals surface area contributed by atoms with Crippen LogP contribution in [0.5, 0.6) is 0 Å². The Morgan fingerprint density at radius 3 is 2.13 bits per heavy atom. The molecule has 0 saturated carbocycles. The van der Waals surface area contributed by atoms with Crippen LogP contribution in [0, 0.1) is 17.0 Å². The molecule has 0 spiro atoms. The van der Waals surface area contributed by atoms with Crippen LogP contribution in [0.15, 0.2) is 48.5 Å². The summed E-state index contributed by atoms with van der Waals surface area (Å²) in [5, 5.41) is 7.27. The molecular weight excluding hydrogens is 504 g/mol. The van der Waals surface area contributed by atoms with Crippen molar-refractivity contribution >= 4 is 39.4 Å². The van der Waals surface area contributed by atoms with Crippen molar-refractivity contribution < 1.29 is 23.2 Å². The van der Waals surface area contributed by atoms with Crippen LogP contribution in [-0.2, 0) is 4.79 Å². The van der Waals surface area contributed by atoms with Crippen molar-refractivity contribution in [2.75, 3.05) is 13.1 Å². The number of H-pyrrole nitrogens is 2. The quantitative estimate of drug-likeness (QED) is 0.292. The number of aromatic nitrogens is 2. The van der Waals surface area contributed by atoms with Crippen LogP contribution >= 0.6 is 0 Å². The first-order valence-electron chi connectivity index (χ1n) is 12.9. The molecule has 4 aromatic rings. The Morgan fingerprint density at radius 1 is 0.974 bits per heavy atom. The molecule has 2 aromatic carbocycles. The molecular formula is C29H29F2N5O3. The number of carbonyl (C=O) groups is 3. The summed E-state index contributed by atoms with van der Waals surface area (Å²) < 4.78 is 28.5. The summed E-state index contributed by atoms with van der Waals surface area (Å²) in [5.41, 5.74) is -1.05. The SMILES string of the molecule is CC(C)(C)[C@H](NC(=O)c1cc2cccc(F)c2[nH]1)C(=O)N1C[C@@H]2C[C@@]1(C(=O)c1cc3cccc(F)c3[nH]1)CN2. The summed E-state index contributed by atoms with van der Waals surface area (Å²) >= 11 is 0. The number of para-hydroxylation sites is 2. The van der Waals surface area contributed by atoms with Gasteiger partial charge in [-0.25, -0.2) is 8.78 Å². The summed E-state index contributed by atoms with van der Waals surface area (Å²) in [7, 11) is 0. The molecule has 2 saturated heterocycles. The standard InChI is InChI=1S/C29H29F2N5O3/c1-28(2,3)24(35-26(38)21-11-16-7-5-9-19(31)23(16)34-21)27(39)36-13-17-12-29(36,14-32-17)25(37)20-10-15-6-4-8-18(30)22(15)33-20/h4-11,17,24,32-34H,12-14H2,1-3H3,(H,35,38)/t17-,24+,29-/m0/s1. The molecule has 2 amide bonds. The number of hydrogen-bond acceptors (Lipinski definition) is 4. The van der Waals surface area contributed by atoms with Crippen molar-refractivity contribution in [2.45, 2.75) is 44.8 Å². The molecule has 0 aliphatic carbocycles. The van der Waals surface area contributed by atoms with Crippen molar-refractivity contribution in [3.8, 4) is 0 Å². The molecule has 2 aliphatic heterocycles. The number of Topliss-reactive ketones (excluding diaryl/α,β-unsaturated/α-hetero) is 1. The molecule has 4 N–H and O–H groups in total. The van der Waals surface area contributed by atoms with Gasteiger partial charge in [-0.2, -0.15) is 0 Å². The van der Waals surface area contributed by atoms with Crippen molar-refractivity contribution in [3.05, 3.63) is 71.6 Å². The topological polar surface area (TPSA) is 110 Å². The van der Waals surface area contributed by atoms with E-state index in [4.69, 9.17) is 0 Å². The summed E-state index contributed by atoms with van der Waals surface area (Å²) in [6.45, 7) is 6.07. The van der Waals surface area contributed by atoms with Crippen LogP contribution in [0.4, 0.5) is 8.78 Å². The lowest BCUT2D eigenvalue weighted by molar-refractivity contribution is -0.139. The average Bonchev–Trinajstić information content (AvgIpc) is 3.68. The molecule has 202 valence electrons. The zero-order valence-corrected chi connectivity index (χ0v) is 21.8. The molecule has 3 atom stereocenters. The second kappa shape index (κ2) is 8.74. The number of aromatic amines is 2. The largest absolute Gasteiger partial charge is 0.350 e. The number of ketones is 1.